The summed E-state index contributed by atoms with van der Waals surface area (Å²) >= 11 is 0. The van der Waals surface area contributed by atoms with Crippen molar-refractivity contribution in [2.45, 2.75) is 32.7 Å². The van der Waals surface area contributed by atoms with Crippen molar-refractivity contribution in [1.29, 1.82) is 0 Å². The molecule has 3 nitrogen and oxygen atoms in total. The summed E-state index contributed by atoms with van der Waals surface area (Å²) in [4.78, 5) is 0. The number of rotatable bonds is 7. The minimum absolute atomic E-state index is 0.417. The lowest BCUT2D eigenvalue weighted by molar-refractivity contribution is 0.674. The lowest BCUT2D eigenvalue weighted by Gasteiger charge is -2.07. The van der Waals surface area contributed by atoms with Crippen molar-refractivity contribution in [3.8, 4) is 5.69 Å². The highest BCUT2D eigenvalue weighted by molar-refractivity contribution is 5.33. The third-order valence-electron chi connectivity index (χ3n) is 4.14. The van der Waals surface area contributed by atoms with Crippen LogP contribution >= 0.6 is 0 Å². The molecule has 1 N–H and O–H groups in total. The fourth-order valence-corrected chi connectivity index (χ4v) is 2.86. The van der Waals surface area contributed by atoms with E-state index in [9.17, 15) is 0 Å². The molecular weight excluding hydrogens is 294 g/mol. The molecule has 0 aliphatic carbocycles. The summed E-state index contributed by atoms with van der Waals surface area (Å²) in [7, 11) is 0. The molecule has 24 heavy (non-hydrogen) atoms. The molecule has 3 rings (SSSR count). The zero-order chi connectivity index (χ0) is 16.8. The molecule has 1 heterocycles. The Balaban J connectivity index is 1.65. The maximum absolute atomic E-state index is 4.79. The molecule has 0 amide bonds. The Labute approximate surface area is 144 Å². The quantitative estimate of drug-likeness (QED) is 0.657. The molecule has 0 atom stereocenters. The molecule has 2 aromatic carbocycles. The van der Waals surface area contributed by atoms with Gasteiger partial charge in [0.25, 0.3) is 0 Å². The number of aromatic nitrogens is 2. The zero-order valence-electron chi connectivity index (χ0n) is 14.4. The first-order chi connectivity index (χ1) is 11.7. The van der Waals surface area contributed by atoms with Gasteiger partial charge in [-0.15, -0.1) is 0 Å². The van der Waals surface area contributed by atoms with E-state index in [2.05, 4.69) is 67.8 Å². The van der Waals surface area contributed by atoms with Gasteiger partial charge in [0.15, 0.2) is 0 Å². The average molecular weight is 319 g/mol. The molecule has 124 valence electrons. The first-order valence-corrected chi connectivity index (χ1v) is 8.62. The van der Waals surface area contributed by atoms with Gasteiger partial charge in [0.1, 0.15) is 0 Å². The van der Waals surface area contributed by atoms with E-state index < -0.39 is 0 Å². The minimum Gasteiger partial charge on any atom is -0.312 e. The summed E-state index contributed by atoms with van der Waals surface area (Å²) in [5, 5.41) is 8.35. The van der Waals surface area contributed by atoms with Gasteiger partial charge in [-0.25, -0.2) is 4.68 Å². The predicted octanol–water partition coefficient (Wildman–Crippen LogP) is 4.33. The van der Waals surface area contributed by atoms with E-state index >= 15 is 0 Å². The molecule has 0 aliphatic heterocycles. The van der Waals surface area contributed by atoms with Crippen LogP contribution in [-0.4, -0.2) is 16.3 Å². The van der Waals surface area contributed by atoms with E-state index in [0.717, 1.165) is 25.2 Å². The van der Waals surface area contributed by atoms with E-state index in [-0.39, 0.29) is 0 Å². The van der Waals surface area contributed by atoms with Gasteiger partial charge in [-0.2, -0.15) is 5.10 Å². The van der Waals surface area contributed by atoms with Crippen molar-refractivity contribution in [3.05, 3.63) is 83.7 Å². The number of hydrogen-bond donors (Lipinski definition) is 1. The van der Waals surface area contributed by atoms with Gasteiger partial charge in [-0.3, -0.25) is 0 Å². The smallest absolute Gasteiger partial charge is 0.0699 e. The fourth-order valence-electron chi connectivity index (χ4n) is 2.86. The summed E-state index contributed by atoms with van der Waals surface area (Å²) in [5.74, 6) is 0.417. The van der Waals surface area contributed by atoms with E-state index in [1.54, 1.807) is 0 Å². The number of nitrogens with zero attached hydrogens (tertiary/aromatic N) is 2. The van der Waals surface area contributed by atoms with Gasteiger partial charge < -0.3 is 5.32 Å². The molecule has 3 aromatic rings. The van der Waals surface area contributed by atoms with E-state index in [4.69, 9.17) is 5.10 Å². The number of para-hydroxylation sites is 1. The molecule has 0 saturated carbocycles. The molecule has 0 saturated heterocycles. The third-order valence-corrected chi connectivity index (χ3v) is 4.14. The maximum atomic E-state index is 4.79. The Morgan fingerprint density at radius 3 is 2.29 bits per heavy atom. The van der Waals surface area contributed by atoms with Crippen LogP contribution < -0.4 is 5.32 Å². The van der Waals surface area contributed by atoms with Crippen LogP contribution in [0, 0.1) is 0 Å². The summed E-state index contributed by atoms with van der Waals surface area (Å²) in [6.07, 6.45) is 3.20. The molecule has 0 spiro atoms. The van der Waals surface area contributed by atoms with Crippen molar-refractivity contribution in [2.75, 3.05) is 6.54 Å². The Morgan fingerprint density at radius 2 is 1.62 bits per heavy atom. The summed E-state index contributed by atoms with van der Waals surface area (Å²) < 4.78 is 1.99. The molecule has 0 aliphatic rings. The van der Waals surface area contributed by atoms with Crippen LogP contribution in [0.1, 0.15) is 36.6 Å². The van der Waals surface area contributed by atoms with E-state index in [1.165, 1.54) is 16.8 Å². The maximum Gasteiger partial charge on any atom is 0.0699 e. The first kappa shape index (κ1) is 16.5. The zero-order valence-corrected chi connectivity index (χ0v) is 14.4. The highest BCUT2D eigenvalue weighted by atomic mass is 15.3. The van der Waals surface area contributed by atoms with Crippen LogP contribution in [-0.2, 0) is 13.0 Å². The monoisotopic (exact) mass is 319 g/mol. The molecule has 0 unspecified atom stereocenters. The van der Waals surface area contributed by atoms with Crippen LogP contribution in [0.5, 0.6) is 0 Å². The number of nitrogens with one attached hydrogen (secondary N) is 1. The Hall–Kier alpha value is -2.39. The third kappa shape index (κ3) is 4.12. The lowest BCUT2D eigenvalue weighted by atomic mass is 10.1. The van der Waals surface area contributed by atoms with Crippen LogP contribution in [0.4, 0.5) is 0 Å². The van der Waals surface area contributed by atoms with Crippen molar-refractivity contribution < 1.29 is 0 Å². The van der Waals surface area contributed by atoms with Crippen LogP contribution in [0.3, 0.4) is 0 Å². The van der Waals surface area contributed by atoms with E-state index in [0.29, 0.717) is 5.92 Å². The van der Waals surface area contributed by atoms with Gasteiger partial charge in [0.2, 0.25) is 0 Å². The summed E-state index contributed by atoms with van der Waals surface area (Å²) in [6, 6.07) is 20.9. The standard InChI is InChI=1S/C21H25N3/c1-17(2)21-19(15-22-14-13-18-9-5-3-6-10-18)16-24(23-21)20-11-7-4-8-12-20/h3-12,16-17,22H,13-15H2,1-2H3. The van der Waals surface area contributed by atoms with Gasteiger partial charge in [0, 0.05) is 18.3 Å². The average Bonchev–Trinajstić information content (AvgIpc) is 3.05. The Kier molecular flexibility index (Phi) is 5.44. The molecule has 1 aromatic heterocycles. The highest BCUT2D eigenvalue weighted by Crippen LogP contribution is 2.19. The van der Waals surface area contributed by atoms with Gasteiger partial charge in [-0.1, -0.05) is 62.4 Å². The van der Waals surface area contributed by atoms with Crippen LogP contribution in [0.2, 0.25) is 0 Å². The van der Waals surface area contributed by atoms with Gasteiger partial charge in [0.05, 0.1) is 11.4 Å². The number of hydrogen-bond acceptors (Lipinski definition) is 2. The van der Waals surface area contributed by atoms with E-state index in [1.807, 2.05) is 22.9 Å². The lowest BCUT2D eigenvalue weighted by Crippen LogP contribution is -2.17. The predicted molar refractivity (Wildman–Crippen MR) is 99.5 cm³/mol. The molecule has 0 radical (unpaired) electrons. The second kappa shape index (κ2) is 7.93. The molecule has 0 bridgehead atoms. The van der Waals surface area contributed by atoms with Crippen LogP contribution in [0.25, 0.3) is 5.69 Å². The second-order valence-electron chi connectivity index (χ2n) is 6.39. The Bertz CT molecular complexity index is 745. The Morgan fingerprint density at radius 1 is 0.958 bits per heavy atom. The first-order valence-electron chi connectivity index (χ1n) is 8.62. The van der Waals surface area contributed by atoms with Gasteiger partial charge >= 0.3 is 0 Å². The van der Waals surface area contributed by atoms with Crippen molar-refractivity contribution in [2.24, 2.45) is 0 Å². The van der Waals surface area contributed by atoms with Gasteiger partial charge in [-0.05, 0) is 36.6 Å². The summed E-state index contributed by atoms with van der Waals surface area (Å²) in [6.45, 7) is 6.22. The highest BCUT2D eigenvalue weighted by Gasteiger charge is 2.12. The van der Waals surface area contributed by atoms with Crippen molar-refractivity contribution in [3.63, 3.8) is 0 Å². The second-order valence-corrected chi connectivity index (χ2v) is 6.39. The summed E-state index contributed by atoms with van der Waals surface area (Å²) in [5.41, 5.74) is 4.93. The van der Waals surface area contributed by atoms with Crippen molar-refractivity contribution >= 4 is 0 Å². The molecule has 0 fully saturated rings. The van der Waals surface area contributed by atoms with Crippen LogP contribution in [0.15, 0.2) is 66.9 Å². The molecular formula is C21H25N3. The molecule has 3 heteroatoms. The topological polar surface area (TPSA) is 29.9 Å². The largest absolute Gasteiger partial charge is 0.312 e. The van der Waals surface area contributed by atoms with Crippen molar-refractivity contribution in [1.82, 2.24) is 15.1 Å². The number of benzene rings is 2. The SMILES string of the molecule is CC(C)c1nn(-c2ccccc2)cc1CNCCc1ccccc1. The minimum atomic E-state index is 0.417. The fraction of sp³-hybridized carbons (Fsp3) is 0.286. The normalized spacial score (nSPS) is 11.1.